The monoisotopic (exact) mass is 472 g/mol. The highest BCUT2D eigenvalue weighted by molar-refractivity contribution is 14.1. The van der Waals surface area contributed by atoms with Crippen LogP contribution in [0.4, 0.5) is 11.4 Å². The van der Waals surface area contributed by atoms with Gasteiger partial charge in [-0.05, 0) is 59.3 Å². The van der Waals surface area contributed by atoms with E-state index < -0.39 is 0 Å². The van der Waals surface area contributed by atoms with E-state index in [2.05, 4.69) is 32.8 Å². The number of amides is 1. The van der Waals surface area contributed by atoms with Gasteiger partial charge >= 0.3 is 0 Å². The number of hydrogen-bond donors (Lipinski definition) is 1. The average molecular weight is 473 g/mol. The van der Waals surface area contributed by atoms with Gasteiger partial charge in [0.1, 0.15) is 0 Å². The molecule has 0 aromatic heterocycles. The molecule has 1 heterocycles. The van der Waals surface area contributed by atoms with Crippen molar-refractivity contribution in [3.63, 3.8) is 0 Å². The first-order chi connectivity index (χ1) is 11.6. The first-order valence-electron chi connectivity index (χ1n) is 7.75. The Morgan fingerprint density at radius 2 is 2.00 bits per heavy atom. The molecule has 1 N–H and O–H groups in total. The summed E-state index contributed by atoms with van der Waals surface area (Å²) in [5, 5.41) is 3.63. The molecule has 2 aromatic rings. The van der Waals surface area contributed by atoms with Gasteiger partial charge < -0.3 is 10.2 Å². The lowest BCUT2D eigenvalue weighted by Crippen LogP contribution is -2.32. The van der Waals surface area contributed by atoms with Gasteiger partial charge in [-0.2, -0.15) is 11.8 Å². The lowest BCUT2D eigenvalue weighted by Gasteiger charge is -2.29. The second-order valence-electron chi connectivity index (χ2n) is 5.66. The Hall–Kier alpha value is -0.920. The van der Waals surface area contributed by atoms with Crippen LogP contribution in [0.3, 0.4) is 0 Å². The summed E-state index contributed by atoms with van der Waals surface area (Å²) in [6.45, 7) is 4.02. The zero-order valence-electron chi connectivity index (χ0n) is 13.3. The fourth-order valence-corrected chi connectivity index (χ4v) is 4.47. The highest BCUT2D eigenvalue weighted by Crippen LogP contribution is 2.31. The Balaban J connectivity index is 1.77. The van der Waals surface area contributed by atoms with Crippen LogP contribution in [-0.4, -0.2) is 30.5 Å². The maximum absolute atomic E-state index is 12.5. The highest BCUT2D eigenvalue weighted by Gasteiger charge is 2.16. The average Bonchev–Trinajstić information content (AvgIpc) is 2.58. The van der Waals surface area contributed by atoms with Crippen molar-refractivity contribution < 1.29 is 4.79 Å². The third kappa shape index (κ3) is 4.00. The van der Waals surface area contributed by atoms with E-state index in [-0.39, 0.29) is 5.91 Å². The third-order valence-corrected chi connectivity index (χ3v) is 6.67. The summed E-state index contributed by atoms with van der Waals surface area (Å²) in [6.07, 6.45) is 0. The van der Waals surface area contributed by atoms with Gasteiger partial charge in [-0.25, -0.2) is 0 Å². The molecular weight excluding hydrogens is 455 g/mol. The zero-order chi connectivity index (χ0) is 17.1. The van der Waals surface area contributed by atoms with Gasteiger partial charge in [0.15, 0.2) is 0 Å². The zero-order valence-corrected chi connectivity index (χ0v) is 17.0. The van der Waals surface area contributed by atoms with Crippen molar-refractivity contribution in [2.45, 2.75) is 6.92 Å². The van der Waals surface area contributed by atoms with Crippen LogP contribution in [0.15, 0.2) is 36.4 Å². The van der Waals surface area contributed by atoms with E-state index in [9.17, 15) is 4.79 Å². The van der Waals surface area contributed by atoms with Gasteiger partial charge in [0.2, 0.25) is 0 Å². The first kappa shape index (κ1) is 17.9. The highest BCUT2D eigenvalue weighted by atomic mass is 127. The lowest BCUT2D eigenvalue weighted by molar-refractivity contribution is 0.102. The molecule has 1 aliphatic heterocycles. The van der Waals surface area contributed by atoms with Gasteiger partial charge in [0, 0.05) is 33.9 Å². The minimum atomic E-state index is -0.110. The molecule has 0 unspecified atom stereocenters. The van der Waals surface area contributed by atoms with E-state index in [0.29, 0.717) is 10.6 Å². The Labute approximate surface area is 165 Å². The smallest absolute Gasteiger partial charge is 0.256 e. The second-order valence-corrected chi connectivity index (χ2v) is 8.37. The fraction of sp³-hybridized carbons (Fsp3) is 0.278. The molecule has 0 spiro atoms. The Kier molecular flexibility index (Phi) is 5.94. The van der Waals surface area contributed by atoms with Crippen molar-refractivity contribution in [3.05, 3.63) is 56.1 Å². The Morgan fingerprint density at radius 1 is 1.25 bits per heavy atom. The molecule has 1 fully saturated rings. The van der Waals surface area contributed by atoms with Crippen LogP contribution in [0.25, 0.3) is 0 Å². The molecule has 0 atom stereocenters. The van der Waals surface area contributed by atoms with Crippen LogP contribution >= 0.6 is 46.0 Å². The molecule has 1 saturated heterocycles. The number of rotatable bonds is 3. The summed E-state index contributed by atoms with van der Waals surface area (Å²) in [7, 11) is 0. The topological polar surface area (TPSA) is 32.3 Å². The molecule has 126 valence electrons. The maximum Gasteiger partial charge on any atom is 0.256 e. The number of carbonyl (C=O) groups excluding carboxylic acids is 1. The van der Waals surface area contributed by atoms with Gasteiger partial charge in [0.25, 0.3) is 5.91 Å². The largest absolute Gasteiger partial charge is 0.369 e. The molecule has 24 heavy (non-hydrogen) atoms. The van der Waals surface area contributed by atoms with Crippen LogP contribution in [0.5, 0.6) is 0 Å². The number of nitrogens with one attached hydrogen (secondary N) is 1. The van der Waals surface area contributed by atoms with Crippen molar-refractivity contribution in [1.29, 1.82) is 0 Å². The van der Waals surface area contributed by atoms with Crippen LogP contribution in [0, 0.1) is 10.5 Å². The molecule has 6 heteroatoms. The summed E-state index contributed by atoms with van der Waals surface area (Å²) in [4.78, 5) is 14.8. The maximum atomic E-state index is 12.5. The van der Waals surface area contributed by atoms with Crippen molar-refractivity contribution in [3.8, 4) is 0 Å². The number of thioether (sulfide) groups is 1. The summed E-state index contributed by atoms with van der Waals surface area (Å²) in [5.74, 6) is 2.14. The summed E-state index contributed by atoms with van der Waals surface area (Å²) >= 11 is 10.6. The van der Waals surface area contributed by atoms with Gasteiger partial charge in [-0.3, -0.25) is 4.79 Å². The number of nitrogens with zero attached hydrogens (tertiary/aromatic N) is 1. The van der Waals surface area contributed by atoms with Crippen molar-refractivity contribution in [2.75, 3.05) is 34.8 Å². The number of benzene rings is 2. The van der Waals surface area contributed by atoms with Crippen LogP contribution in [0.1, 0.15) is 15.9 Å². The van der Waals surface area contributed by atoms with Crippen molar-refractivity contribution in [2.24, 2.45) is 0 Å². The predicted molar refractivity (Wildman–Crippen MR) is 113 cm³/mol. The van der Waals surface area contributed by atoms with E-state index in [4.69, 9.17) is 11.6 Å². The van der Waals surface area contributed by atoms with E-state index in [1.54, 1.807) is 0 Å². The number of aryl methyl sites for hydroxylation is 1. The van der Waals surface area contributed by atoms with E-state index in [0.717, 1.165) is 45.1 Å². The molecule has 0 aliphatic carbocycles. The predicted octanol–water partition coefficient (Wildman–Crippen LogP) is 5.06. The standard InChI is InChI=1S/C18H18ClIN2OS/c1-12-3-2-4-14(17(12)20)18(23)21-13-5-6-16(15(19)11-13)22-7-9-24-10-8-22/h2-6,11H,7-10H2,1H3,(H,21,23). The lowest BCUT2D eigenvalue weighted by atomic mass is 10.1. The van der Waals surface area contributed by atoms with Crippen LogP contribution < -0.4 is 10.2 Å². The van der Waals surface area contributed by atoms with Crippen molar-refractivity contribution in [1.82, 2.24) is 0 Å². The summed E-state index contributed by atoms with van der Waals surface area (Å²) < 4.78 is 0.973. The Morgan fingerprint density at radius 3 is 2.71 bits per heavy atom. The quantitative estimate of drug-likeness (QED) is 0.634. The number of hydrogen-bond acceptors (Lipinski definition) is 3. The van der Waals surface area contributed by atoms with E-state index in [1.807, 2.05) is 55.1 Å². The third-order valence-electron chi connectivity index (χ3n) is 3.99. The fourth-order valence-electron chi connectivity index (χ4n) is 2.67. The molecule has 1 amide bonds. The Bertz CT molecular complexity index is 763. The first-order valence-corrected chi connectivity index (χ1v) is 10.4. The molecular formula is C18H18ClIN2OS. The minimum absolute atomic E-state index is 0.110. The molecule has 0 radical (unpaired) electrons. The SMILES string of the molecule is Cc1cccc(C(=O)Nc2ccc(N3CCSCC3)c(Cl)c2)c1I. The van der Waals surface area contributed by atoms with Crippen molar-refractivity contribution >= 4 is 63.2 Å². The molecule has 3 nitrogen and oxygen atoms in total. The van der Waals surface area contributed by atoms with Gasteiger partial charge in [-0.15, -0.1) is 0 Å². The molecule has 1 aliphatic rings. The molecule has 3 rings (SSSR count). The second kappa shape index (κ2) is 7.97. The number of anilines is 2. The number of halogens is 2. The van der Waals surface area contributed by atoms with Gasteiger partial charge in [-0.1, -0.05) is 23.7 Å². The molecule has 2 aromatic carbocycles. The van der Waals surface area contributed by atoms with Crippen LogP contribution in [0.2, 0.25) is 5.02 Å². The summed E-state index contributed by atoms with van der Waals surface area (Å²) in [5.41, 5.74) is 3.54. The molecule has 0 bridgehead atoms. The normalized spacial score (nSPS) is 14.5. The van der Waals surface area contributed by atoms with Gasteiger partial charge in [0.05, 0.1) is 16.3 Å². The summed E-state index contributed by atoms with van der Waals surface area (Å²) in [6, 6.07) is 11.5. The minimum Gasteiger partial charge on any atom is -0.369 e. The van der Waals surface area contributed by atoms with E-state index in [1.165, 1.54) is 0 Å². The van der Waals surface area contributed by atoms with Crippen LogP contribution in [-0.2, 0) is 0 Å². The number of carbonyl (C=O) groups is 1. The molecule has 0 saturated carbocycles. The van der Waals surface area contributed by atoms with E-state index >= 15 is 0 Å².